The van der Waals surface area contributed by atoms with E-state index >= 15 is 0 Å². The van der Waals surface area contributed by atoms with Crippen LogP contribution < -0.4 is 10.0 Å². The SMILES string of the molecule is CN=C(NCCS(=O)(=O)NC(C)C)N1CCC(C)CC1. The molecule has 0 radical (unpaired) electrons. The summed E-state index contributed by atoms with van der Waals surface area (Å²) in [5, 5.41) is 3.14. The molecule has 0 unspecified atom stereocenters. The summed E-state index contributed by atoms with van der Waals surface area (Å²) in [5.41, 5.74) is 0. The molecule has 2 N–H and O–H groups in total. The minimum atomic E-state index is -3.21. The largest absolute Gasteiger partial charge is 0.355 e. The minimum absolute atomic E-state index is 0.0639. The van der Waals surface area contributed by atoms with Gasteiger partial charge in [0.15, 0.2) is 5.96 Å². The summed E-state index contributed by atoms with van der Waals surface area (Å²) in [5.74, 6) is 1.63. The third-order valence-electron chi connectivity index (χ3n) is 3.36. The van der Waals surface area contributed by atoms with Gasteiger partial charge < -0.3 is 10.2 Å². The molecule has 0 spiro atoms. The molecule has 6 nitrogen and oxygen atoms in total. The lowest BCUT2D eigenvalue weighted by molar-refractivity contribution is 0.274. The van der Waals surface area contributed by atoms with Crippen molar-refractivity contribution in [2.45, 2.75) is 39.7 Å². The van der Waals surface area contributed by atoms with Crippen molar-refractivity contribution in [3.8, 4) is 0 Å². The Balaban J connectivity index is 2.39. The molecule has 1 fully saturated rings. The van der Waals surface area contributed by atoms with Crippen molar-refractivity contribution in [1.82, 2.24) is 14.9 Å². The van der Waals surface area contributed by atoms with Crippen molar-refractivity contribution >= 4 is 16.0 Å². The summed E-state index contributed by atoms with van der Waals surface area (Å²) >= 11 is 0. The molecule has 1 rings (SSSR count). The number of rotatable bonds is 5. The summed E-state index contributed by atoms with van der Waals surface area (Å²) in [6.45, 7) is 8.24. The van der Waals surface area contributed by atoms with E-state index in [2.05, 4.69) is 26.9 Å². The van der Waals surface area contributed by atoms with Crippen LogP contribution in [0.5, 0.6) is 0 Å². The van der Waals surface area contributed by atoms with Gasteiger partial charge in [0.1, 0.15) is 0 Å². The number of hydrogen-bond acceptors (Lipinski definition) is 3. The lowest BCUT2D eigenvalue weighted by Gasteiger charge is -2.32. The van der Waals surface area contributed by atoms with Crippen LogP contribution in [-0.2, 0) is 10.0 Å². The van der Waals surface area contributed by atoms with E-state index in [0.717, 1.165) is 37.8 Å². The van der Waals surface area contributed by atoms with Crippen LogP contribution in [0.3, 0.4) is 0 Å². The van der Waals surface area contributed by atoms with Gasteiger partial charge in [0.05, 0.1) is 5.75 Å². The number of hydrogen-bond donors (Lipinski definition) is 2. The smallest absolute Gasteiger partial charge is 0.213 e. The van der Waals surface area contributed by atoms with E-state index < -0.39 is 10.0 Å². The van der Waals surface area contributed by atoms with Gasteiger partial charge in [-0.15, -0.1) is 0 Å². The highest BCUT2D eigenvalue weighted by atomic mass is 32.2. The lowest BCUT2D eigenvalue weighted by Crippen LogP contribution is -2.47. The third kappa shape index (κ3) is 6.09. The van der Waals surface area contributed by atoms with Crippen LogP contribution in [0, 0.1) is 5.92 Å². The first-order valence-electron chi connectivity index (χ1n) is 7.29. The second kappa shape index (κ2) is 7.83. The zero-order valence-corrected chi connectivity index (χ0v) is 13.8. The minimum Gasteiger partial charge on any atom is -0.355 e. The molecule has 0 aromatic carbocycles. The normalized spacial score (nSPS) is 18.6. The highest BCUT2D eigenvalue weighted by Crippen LogP contribution is 2.15. The van der Waals surface area contributed by atoms with Gasteiger partial charge in [-0.1, -0.05) is 6.92 Å². The Hall–Kier alpha value is -0.820. The van der Waals surface area contributed by atoms with Gasteiger partial charge in [0, 0.05) is 32.7 Å². The average Bonchev–Trinajstić information content (AvgIpc) is 2.34. The van der Waals surface area contributed by atoms with Crippen molar-refractivity contribution in [3.63, 3.8) is 0 Å². The highest BCUT2D eigenvalue weighted by Gasteiger charge is 2.19. The van der Waals surface area contributed by atoms with Crippen LogP contribution >= 0.6 is 0 Å². The number of likely N-dealkylation sites (tertiary alicyclic amines) is 1. The van der Waals surface area contributed by atoms with Crippen LogP contribution in [0.4, 0.5) is 0 Å². The molecule has 0 aliphatic carbocycles. The molecule has 1 heterocycles. The van der Waals surface area contributed by atoms with Crippen molar-refractivity contribution in [2.75, 3.05) is 32.4 Å². The van der Waals surface area contributed by atoms with Crippen LogP contribution in [0.15, 0.2) is 4.99 Å². The zero-order chi connectivity index (χ0) is 15.2. The molecule has 0 saturated carbocycles. The quantitative estimate of drug-likeness (QED) is 0.577. The van der Waals surface area contributed by atoms with E-state index in [-0.39, 0.29) is 11.8 Å². The first kappa shape index (κ1) is 17.2. The Bertz CT molecular complexity index is 412. The molecule has 0 amide bonds. The maximum Gasteiger partial charge on any atom is 0.213 e. The molecule has 118 valence electrons. The van der Waals surface area contributed by atoms with E-state index in [9.17, 15) is 8.42 Å². The first-order chi connectivity index (χ1) is 9.34. The number of guanidine groups is 1. The molecule has 0 aromatic rings. The molecule has 1 aliphatic heterocycles. The van der Waals surface area contributed by atoms with E-state index in [0.29, 0.717) is 6.54 Å². The highest BCUT2D eigenvalue weighted by molar-refractivity contribution is 7.89. The lowest BCUT2D eigenvalue weighted by atomic mass is 10.00. The second-order valence-electron chi connectivity index (χ2n) is 5.73. The van der Waals surface area contributed by atoms with E-state index in [1.165, 1.54) is 0 Å². The van der Waals surface area contributed by atoms with Gasteiger partial charge in [-0.3, -0.25) is 4.99 Å². The summed E-state index contributed by atoms with van der Waals surface area (Å²) in [6.07, 6.45) is 2.32. The third-order valence-corrected chi connectivity index (χ3v) is 4.94. The first-order valence-corrected chi connectivity index (χ1v) is 8.95. The fourth-order valence-electron chi connectivity index (χ4n) is 2.27. The van der Waals surface area contributed by atoms with Crippen LogP contribution in [-0.4, -0.2) is 57.8 Å². The Labute approximate surface area is 123 Å². The Morgan fingerprint density at radius 3 is 2.45 bits per heavy atom. The topological polar surface area (TPSA) is 73.8 Å². The molecule has 1 saturated heterocycles. The number of nitrogens with zero attached hydrogens (tertiary/aromatic N) is 2. The van der Waals surface area contributed by atoms with E-state index in [1.54, 1.807) is 7.05 Å². The van der Waals surface area contributed by atoms with Gasteiger partial charge in [-0.05, 0) is 32.6 Å². The molecule has 7 heteroatoms. The Morgan fingerprint density at radius 1 is 1.35 bits per heavy atom. The summed E-state index contributed by atoms with van der Waals surface area (Å²) in [4.78, 5) is 6.43. The molecule has 0 aromatic heterocycles. The van der Waals surface area contributed by atoms with E-state index in [4.69, 9.17) is 0 Å². The van der Waals surface area contributed by atoms with Gasteiger partial charge in [0.25, 0.3) is 0 Å². The van der Waals surface area contributed by atoms with Gasteiger partial charge in [0.2, 0.25) is 10.0 Å². The van der Waals surface area contributed by atoms with Gasteiger partial charge in [-0.2, -0.15) is 0 Å². The number of nitrogens with one attached hydrogen (secondary N) is 2. The van der Waals surface area contributed by atoms with E-state index in [1.807, 2.05) is 13.8 Å². The van der Waals surface area contributed by atoms with Crippen molar-refractivity contribution in [2.24, 2.45) is 10.9 Å². The molecule has 0 bridgehead atoms. The van der Waals surface area contributed by atoms with Crippen LogP contribution in [0.2, 0.25) is 0 Å². The Kier molecular flexibility index (Phi) is 6.75. The summed E-state index contributed by atoms with van der Waals surface area (Å²) in [6, 6.07) is -0.0668. The number of aliphatic imine (C=N–C) groups is 1. The Morgan fingerprint density at radius 2 is 1.95 bits per heavy atom. The predicted molar refractivity (Wildman–Crippen MR) is 83.4 cm³/mol. The summed E-state index contributed by atoms with van der Waals surface area (Å²) in [7, 11) is -1.47. The molecule has 1 aliphatic rings. The standard InChI is InChI=1S/C13H28N4O2S/c1-11(2)16-20(18,19)10-7-15-13(14-4)17-8-5-12(3)6-9-17/h11-12,16H,5-10H2,1-4H3,(H,14,15). The fraction of sp³-hybridized carbons (Fsp3) is 0.923. The maximum atomic E-state index is 11.7. The van der Waals surface area contributed by atoms with Gasteiger partial charge >= 0.3 is 0 Å². The molecular weight excluding hydrogens is 276 g/mol. The van der Waals surface area contributed by atoms with Crippen molar-refractivity contribution in [3.05, 3.63) is 0 Å². The zero-order valence-electron chi connectivity index (χ0n) is 13.0. The second-order valence-corrected chi connectivity index (χ2v) is 7.61. The monoisotopic (exact) mass is 304 g/mol. The predicted octanol–water partition coefficient (Wildman–Crippen LogP) is 0.622. The maximum absolute atomic E-state index is 11.7. The number of piperidine rings is 1. The van der Waals surface area contributed by atoms with Gasteiger partial charge in [-0.25, -0.2) is 13.1 Å². The van der Waals surface area contributed by atoms with Crippen molar-refractivity contribution < 1.29 is 8.42 Å². The molecule has 20 heavy (non-hydrogen) atoms. The summed E-state index contributed by atoms with van der Waals surface area (Å²) < 4.78 is 26.0. The molecule has 0 atom stereocenters. The molecular formula is C13H28N4O2S. The fourth-order valence-corrected chi connectivity index (χ4v) is 3.47. The van der Waals surface area contributed by atoms with Crippen LogP contribution in [0.1, 0.15) is 33.6 Å². The van der Waals surface area contributed by atoms with Crippen molar-refractivity contribution in [1.29, 1.82) is 0 Å². The average molecular weight is 304 g/mol. The van der Waals surface area contributed by atoms with Crippen LogP contribution in [0.25, 0.3) is 0 Å². The number of sulfonamides is 1.